The van der Waals surface area contributed by atoms with Crippen LogP contribution in [0.25, 0.3) is 22.3 Å². The number of nitrogen functional groups attached to an aromatic ring is 1. The number of nitrogens with zero attached hydrogens (tertiary/aromatic N) is 4. The Labute approximate surface area is 194 Å². The molecule has 0 bridgehead atoms. The van der Waals surface area contributed by atoms with Gasteiger partial charge in [0.25, 0.3) is 0 Å². The van der Waals surface area contributed by atoms with E-state index >= 15 is 0 Å². The molecule has 0 fully saturated rings. The average molecular weight is 443 g/mol. The average Bonchev–Trinajstić information content (AvgIpc) is 3.11. The van der Waals surface area contributed by atoms with Gasteiger partial charge in [-0.25, -0.2) is 14.6 Å². The van der Waals surface area contributed by atoms with E-state index in [0.717, 1.165) is 65.1 Å². The number of aromatic nitrogens is 4. The van der Waals surface area contributed by atoms with Crippen molar-refractivity contribution < 1.29 is 4.74 Å². The van der Waals surface area contributed by atoms with Gasteiger partial charge < -0.3 is 15.8 Å². The third-order valence-corrected chi connectivity index (χ3v) is 5.61. The predicted molar refractivity (Wildman–Crippen MR) is 134 cm³/mol. The highest BCUT2D eigenvalue weighted by molar-refractivity contribution is 5.98. The van der Waals surface area contributed by atoms with Crippen molar-refractivity contribution in [1.82, 2.24) is 19.7 Å². The number of rotatable bonds is 8. The third kappa shape index (κ3) is 4.98. The summed E-state index contributed by atoms with van der Waals surface area (Å²) >= 11 is 0. The lowest BCUT2D eigenvalue weighted by Crippen LogP contribution is -2.03. The molecule has 0 unspecified atom stereocenters. The third-order valence-electron chi connectivity index (χ3n) is 5.61. The minimum Gasteiger partial charge on any atom is -0.442 e. The maximum Gasteiger partial charge on any atom is 0.190 e. The minimum absolute atomic E-state index is 0.437. The highest BCUT2D eigenvalue weighted by atomic mass is 16.5. The van der Waals surface area contributed by atoms with Crippen LogP contribution in [0.2, 0.25) is 0 Å². The Hall–Kier alpha value is -3.87. The van der Waals surface area contributed by atoms with Crippen molar-refractivity contribution in [3.63, 3.8) is 0 Å². The summed E-state index contributed by atoms with van der Waals surface area (Å²) in [5.41, 5.74) is 11.9. The summed E-state index contributed by atoms with van der Waals surface area (Å²) in [6.45, 7) is 11.1. The van der Waals surface area contributed by atoms with Gasteiger partial charge in [0, 0.05) is 17.8 Å². The quantitative estimate of drug-likeness (QED) is 0.419. The van der Waals surface area contributed by atoms with Crippen LogP contribution >= 0.6 is 0 Å². The fourth-order valence-electron chi connectivity index (χ4n) is 3.68. The molecule has 1 aliphatic carbocycles. The van der Waals surface area contributed by atoms with Gasteiger partial charge in [-0.2, -0.15) is 5.10 Å². The first-order valence-corrected chi connectivity index (χ1v) is 11.2. The van der Waals surface area contributed by atoms with E-state index < -0.39 is 0 Å². The lowest BCUT2D eigenvalue weighted by atomic mass is 10.1. The highest BCUT2D eigenvalue weighted by Gasteiger charge is 2.17. The van der Waals surface area contributed by atoms with Crippen molar-refractivity contribution in [2.24, 2.45) is 0 Å². The normalized spacial score (nSPS) is 13.7. The van der Waals surface area contributed by atoms with Gasteiger partial charge in [-0.3, -0.25) is 0 Å². The SMILES string of the molecule is C=C(Nc1ccc(-c2nn(CCCC)c3ncnc(N)c23)cc1)OC1=C(C)CC=C(C)C=C1. The van der Waals surface area contributed by atoms with Crippen molar-refractivity contribution in [3.8, 4) is 11.3 Å². The Morgan fingerprint density at radius 2 is 1.97 bits per heavy atom. The monoisotopic (exact) mass is 442 g/mol. The highest BCUT2D eigenvalue weighted by Crippen LogP contribution is 2.31. The molecule has 7 heteroatoms. The number of benzene rings is 1. The Morgan fingerprint density at radius 1 is 1.18 bits per heavy atom. The van der Waals surface area contributed by atoms with Gasteiger partial charge in [0.05, 0.1) is 5.39 Å². The van der Waals surface area contributed by atoms with Gasteiger partial charge in [-0.15, -0.1) is 0 Å². The summed E-state index contributed by atoms with van der Waals surface area (Å²) in [5, 5.41) is 8.81. The van der Waals surface area contributed by atoms with Gasteiger partial charge in [-0.05, 0) is 57.0 Å². The number of fused-ring (bicyclic) bond motifs is 1. The molecule has 7 nitrogen and oxygen atoms in total. The minimum atomic E-state index is 0.437. The predicted octanol–water partition coefficient (Wildman–Crippen LogP) is 5.96. The standard InChI is InChI=1S/C26H30N6O/c1-5-6-15-32-26-23(25(27)28-16-29-26)24(31-32)20-10-12-21(13-11-20)30-19(4)33-22-14-8-17(2)7-9-18(22)3/h7-8,10-14,16,30H,4-6,9,15H2,1-3H3,(H2,27,28,29). The number of hydrogen-bond donors (Lipinski definition) is 2. The number of anilines is 2. The summed E-state index contributed by atoms with van der Waals surface area (Å²) in [6.07, 6.45) is 10.7. The van der Waals surface area contributed by atoms with Gasteiger partial charge in [-0.1, -0.05) is 43.2 Å². The first-order valence-electron chi connectivity index (χ1n) is 11.2. The second-order valence-electron chi connectivity index (χ2n) is 8.24. The first kappa shape index (κ1) is 22.3. The van der Waals surface area contributed by atoms with E-state index in [1.807, 2.05) is 41.1 Å². The van der Waals surface area contributed by atoms with Crippen molar-refractivity contribution in [2.75, 3.05) is 11.1 Å². The fourth-order valence-corrected chi connectivity index (χ4v) is 3.68. The number of ether oxygens (including phenoxy) is 1. The van der Waals surface area contributed by atoms with Crippen LogP contribution in [-0.2, 0) is 11.3 Å². The van der Waals surface area contributed by atoms with Crippen molar-refractivity contribution in [3.05, 3.63) is 78.2 Å². The molecular formula is C26H30N6O. The molecule has 33 heavy (non-hydrogen) atoms. The maximum atomic E-state index is 6.19. The number of aryl methyl sites for hydroxylation is 1. The number of hydrogen-bond acceptors (Lipinski definition) is 6. The molecular weight excluding hydrogens is 412 g/mol. The van der Waals surface area contributed by atoms with E-state index in [0.29, 0.717) is 11.7 Å². The molecule has 3 aromatic rings. The molecule has 4 rings (SSSR count). The van der Waals surface area contributed by atoms with Crippen molar-refractivity contribution >= 4 is 22.5 Å². The molecule has 3 N–H and O–H groups in total. The Balaban J connectivity index is 1.53. The summed E-state index contributed by atoms with van der Waals surface area (Å²) < 4.78 is 7.89. The molecule has 170 valence electrons. The second-order valence-corrected chi connectivity index (χ2v) is 8.24. The van der Waals surface area contributed by atoms with Gasteiger partial charge in [0.2, 0.25) is 0 Å². The molecule has 0 atom stereocenters. The molecule has 2 heterocycles. The Kier molecular flexibility index (Phi) is 6.58. The largest absolute Gasteiger partial charge is 0.442 e. The molecule has 0 saturated carbocycles. The van der Waals surface area contributed by atoms with Crippen LogP contribution in [0.4, 0.5) is 11.5 Å². The van der Waals surface area contributed by atoms with Gasteiger partial charge in [0.1, 0.15) is 23.6 Å². The zero-order valence-corrected chi connectivity index (χ0v) is 19.4. The number of unbranched alkanes of at least 4 members (excludes halogenated alkanes) is 1. The van der Waals surface area contributed by atoms with E-state index in [1.165, 1.54) is 11.9 Å². The molecule has 0 radical (unpaired) electrons. The topological polar surface area (TPSA) is 90.9 Å². The molecule has 2 aromatic heterocycles. The second kappa shape index (κ2) is 9.73. The smallest absolute Gasteiger partial charge is 0.190 e. The number of nitrogens with two attached hydrogens (primary N) is 1. The molecule has 1 aromatic carbocycles. The van der Waals surface area contributed by atoms with Crippen LogP contribution in [0.5, 0.6) is 0 Å². The summed E-state index contributed by atoms with van der Waals surface area (Å²) in [7, 11) is 0. The van der Waals surface area contributed by atoms with Crippen molar-refractivity contribution in [2.45, 2.75) is 46.6 Å². The molecule has 0 amide bonds. The van der Waals surface area contributed by atoms with Gasteiger partial charge in [0.15, 0.2) is 11.5 Å². The van der Waals surface area contributed by atoms with Crippen LogP contribution in [0, 0.1) is 0 Å². The van der Waals surface area contributed by atoms with Crippen LogP contribution in [0.3, 0.4) is 0 Å². The number of allylic oxidation sites excluding steroid dienone is 5. The van der Waals surface area contributed by atoms with Crippen LogP contribution in [-0.4, -0.2) is 19.7 Å². The van der Waals surface area contributed by atoms with Crippen LogP contribution in [0.15, 0.2) is 78.2 Å². The lowest BCUT2D eigenvalue weighted by Gasteiger charge is -2.14. The lowest BCUT2D eigenvalue weighted by molar-refractivity contribution is 0.323. The van der Waals surface area contributed by atoms with E-state index in [4.69, 9.17) is 15.6 Å². The fraction of sp³-hybridized carbons (Fsp3) is 0.269. The zero-order chi connectivity index (χ0) is 23.4. The summed E-state index contributed by atoms with van der Waals surface area (Å²) in [4.78, 5) is 8.60. The number of nitrogens with one attached hydrogen (secondary N) is 1. The van der Waals surface area contributed by atoms with E-state index in [1.54, 1.807) is 0 Å². The van der Waals surface area contributed by atoms with Crippen LogP contribution in [0.1, 0.15) is 40.0 Å². The van der Waals surface area contributed by atoms with Crippen LogP contribution < -0.4 is 11.1 Å². The van der Waals surface area contributed by atoms with E-state index in [9.17, 15) is 0 Å². The Bertz CT molecular complexity index is 1260. The molecule has 1 aliphatic rings. The zero-order valence-electron chi connectivity index (χ0n) is 19.4. The first-order chi connectivity index (χ1) is 16.0. The summed E-state index contributed by atoms with van der Waals surface area (Å²) in [6, 6.07) is 7.93. The summed E-state index contributed by atoms with van der Waals surface area (Å²) in [5.74, 6) is 1.72. The molecule has 0 spiro atoms. The molecule has 0 saturated heterocycles. The van der Waals surface area contributed by atoms with E-state index in [-0.39, 0.29) is 0 Å². The van der Waals surface area contributed by atoms with Crippen molar-refractivity contribution in [1.29, 1.82) is 0 Å². The maximum absolute atomic E-state index is 6.19. The van der Waals surface area contributed by atoms with Gasteiger partial charge >= 0.3 is 0 Å². The molecule has 0 aliphatic heterocycles. The van der Waals surface area contributed by atoms with E-state index in [2.05, 4.69) is 48.7 Å². The Morgan fingerprint density at radius 3 is 2.73 bits per heavy atom.